The number of piperidine rings is 1. The standard InChI is InChI=1S/C15H18F3NO2/c1-11(20)14-4-2-3-9-19(14)10-12-5-7-13(8-6-12)21-15(16,17)18/h5-8,14H,2-4,9-10H2,1H3. The van der Waals surface area contributed by atoms with Crippen LogP contribution in [0.25, 0.3) is 0 Å². The Morgan fingerprint density at radius 3 is 2.52 bits per heavy atom. The maximum absolute atomic E-state index is 12.1. The zero-order valence-electron chi connectivity index (χ0n) is 11.8. The van der Waals surface area contributed by atoms with Crippen molar-refractivity contribution in [2.45, 2.75) is 45.1 Å². The van der Waals surface area contributed by atoms with Gasteiger partial charge < -0.3 is 4.74 Å². The fourth-order valence-corrected chi connectivity index (χ4v) is 2.67. The highest BCUT2D eigenvalue weighted by Crippen LogP contribution is 2.24. The average Bonchev–Trinajstić information content (AvgIpc) is 2.40. The molecule has 116 valence electrons. The molecule has 1 aromatic rings. The van der Waals surface area contributed by atoms with E-state index in [0.29, 0.717) is 6.54 Å². The van der Waals surface area contributed by atoms with Crippen molar-refractivity contribution in [2.75, 3.05) is 6.54 Å². The molecule has 21 heavy (non-hydrogen) atoms. The summed E-state index contributed by atoms with van der Waals surface area (Å²) >= 11 is 0. The first-order valence-electron chi connectivity index (χ1n) is 6.94. The molecular weight excluding hydrogens is 283 g/mol. The minimum absolute atomic E-state index is 0.0788. The molecule has 1 unspecified atom stereocenters. The topological polar surface area (TPSA) is 29.5 Å². The van der Waals surface area contributed by atoms with Gasteiger partial charge in [0.15, 0.2) is 0 Å². The van der Waals surface area contributed by atoms with Crippen molar-refractivity contribution in [1.29, 1.82) is 0 Å². The van der Waals surface area contributed by atoms with E-state index in [9.17, 15) is 18.0 Å². The number of carbonyl (C=O) groups is 1. The number of ether oxygens (including phenoxy) is 1. The molecule has 0 bridgehead atoms. The lowest BCUT2D eigenvalue weighted by Crippen LogP contribution is -2.43. The number of Topliss-reactive ketones (excluding diaryl/α,β-unsaturated/α-hetero) is 1. The Kier molecular flexibility index (Phi) is 4.88. The number of ketones is 1. The summed E-state index contributed by atoms with van der Waals surface area (Å²) in [4.78, 5) is 13.7. The third-order valence-corrected chi connectivity index (χ3v) is 3.63. The predicted molar refractivity (Wildman–Crippen MR) is 71.9 cm³/mol. The van der Waals surface area contributed by atoms with Gasteiger partial charge in [-0.2, -0.15) is 0 Å². The van der Waals surface area contributed by atoms with Crippen molar-refractivity contribution in [3.63, 3.8) is 0 Å². The molecule has 2 rings (SSSR count). The zero-order chi connectivity index (χ0) is 15.5. The third-order valence-electron chi connectivity index (χ3n) is 3.63. The van der Waals surface area contributed by atoms with E-state index in [-0.39, 0.29) is 17.6 Å². The van der Waals surface area contributed by atoms with Gasteiger partial charge in [-0.3, -0.25) is 9.69 Å². The fourth-order valence-electron chi connectivity index (χ4n) is 2.67. The summed E-state index contributed by atoms with van der Waals surface area (Å²) in [6.07, 6.45) is -1.74. The molecule has 6 heteroatoms. The molecule has 0 amide bonds. The molecular formula is C15H18F3NO2. The van der Waals surface area contributed by atoms with E-state index in [1.807, 2.05) is 0 Å². The van der Waals surface area contributed by atoms with Gasteiger partial charge in [0.1, 0.15) is 11.5 Å². The smallest absolute Gasteiger partial charge is 0.406 e. The quantitative estimate of drug-likeness (QED) is 0.852. The van der Waals surface area contributed by atoms with Crippen LogP contribution in [0.1, 0.15) is 31.7 Å². The normalized spacial score (nSPS) is 20.3. The number of halogens is 3. The lowest BCUT2D eigenvalue weighted by atomic mass is 9.98. The summed E-state index contributed by atoms with van der Waals surface area (Å²) in [6.45, 7) is 2.99. The van der Waals surface area contributed by atoms with Crippen LogP contribution in [0.5, 0.6) is 5.75 Å². The molecule has 0 saturated carbocycles. The van der Waals surface area contributed by atoms with Crippen LogP contribution in [0.2, 0.25) is 0 Å². The van der Waals surface area contributed by atoms with E-state index in [4.69, 9.17) is 0 Å². The number of rotatable bonds is 4. The first-order chi connectivity index (χ1) is 9.85. The van der Waals surface area contributed by atoms with Crippen molar-refractivity contribution >= 4 is 5.78 Å². The van der Waals surface area contributed by atoms with Crippen LogP contribution in [0.3, 0.4) is 0 Å². The minimum atomic E-state index is -4.67. The van der Waals surface area contributed by atoms with E-state index in [0.717, 1.165) is 31.4 Å². The molecule has 1 heterocycles. The summed E-state index contributed by atoms with van der Waals surface area (Å²) in [5.74, 6) is -0.0836. The fraction of sp³-hybridized carbons (Fsp3) is 0.533. The number of nitrogens with zero attached hydrogens (tertiary/aromatic N) is 1. The van der Waals surface area contributed by atoms with E-state index < -0.39 is 6.36 Å². The molecule has 0 aromatic heterocycles. The number of alkyl halides is 3. The molecule has 3 nitrogen and oxygen atoms in total. The maximum Gasteiger partial charge on any atom is 0.573 e. The van der Waals surface area contributed by atoms with Gasteiger partial charge in [0.05, 0.1) is 6.04 Å². The molecule has 1 saturated heterocycles. The Labute approximate surface area is 121 Å². The van der Waals surface area contributed by atoms with Crippen molar-refractivity contribution in [3.05, 3.63) is 29.8 Å². The van der Waals surface area contributed by atoms with E-state index in [2.05, 4.69) is 9.64 Å². The van der Waals surface area contributed by atoms with Crippen LogP contribution in [-0.4, -0.2) is 29.6 Å². The Hall–Kier alpha value is -1.56. The van der Waals surface area contributed by atoms with Gasteiger partial charge >= 0.3 is 6.36 Å². The van der Waals surface area contributed by atoms with Crippen LogP contribution >= 0.6 is 0 Å². The van der Waals surface area contributed by atoms with Crippen LogP contribution in [0, 0.1) is 0 Å². The van der Waals surface area contributed by atoms with Gasteiger partial charge in [0.2, 0.25) is 0 Å². The monoisotopic (exact) mass is 301 g/mol. The summed E-state index contributed by atoms with van der Waals surface area (Å²) in [5.41, 5.74) is 0.873. The summed E-state index contributed by atoms with van der Waals surface area (Å²) < 4.78 is 40.1. The molecule has 1 atom stereocenters. The molecule has 0 N–H and O–H groups in total. The Bertz CT molecular complexity index is 485. The van der Waals surface area contributed by atoms with Crippen molar-refractivity contribution in [1.82, 2.24) is 4.90 Å². The molecule has 1 aliphatic heterocycles. The number of likely N-dealkylation sites (tertiary alicyclic amines) is 1. The highest BCUT2D eigenvalue weighted by atomic mass is 19.4. The van der Waals surface area contributed by atoms with Gasteiger partial charge in [0, 0.05) is 6.54 Å². The predicted octanol–water partition coefficient (Wildman–Crippen LogP) is 3.53. The van der Waals surface area contributed by atoms with Gasteiger partial charge in [-0.05, 0) is 44.0 Å². The lowest BCUT2D eigenvalue weighted by molar-refractivity contribution is -0.274. The van der Waals surface area contributed by atoms with Crippen molar-refractivity contribution in [3.8, 4) is 5.75 Å². The van der Waals surface area contributed by atoms with Gasteiger partial charge in [-0.25, -0.2) is 0 Å². The largest absolute Gasteiger partial charge is 0.573 e. The number of benzene rings is 1. The van der Waals surface area contributed by atoms with Crippen LogP contribution in [0.15, 0.2) is 24.3 Å². The van der Waals surface area contributed by atoms with Crippen molar-refractivity contribution in [2.24, 2.45) is 0 Å². The molecule has 0 radical (unpaired) electrons. The third kappa shape index (κ3) is 4.74. The molecule has 1 aliphatic rings. The number of hydrogen-bond acceptors (Lipinski definition) is 3. The summed E-state index contributed by atoms with van der Waals surface area (Å²) in [6, 6.07) is 5.73. The Morgan fingerprint density at radius 1 is 1.29 bits per heavy atom. The SMILES string of the molecule is CC(=O)C1CCCCN1Cc1ccc(OC(F)(F)F)cc1. The van der Waals surface area contributed by atoms with Crippen LogP contribution in [0.4, 0.5) is 13.2 Å². The molecule has 0 aliphatic carbocycles. The summed E-state index contributed by atoms with van der Waals surface area (Å²) in [5, 5.41) is 0. The molecule has 1 fully saturated rings. The second-order valence-electron chi connectivity index (χ2n) is 5.28. The van der Waals surface area contributed by atoms with Gasteiger partial charge in [0.25, 0.3) is 0 Å². The van der Waals surface area contributed by atoms with E-state index in [1.54, 1.807) is 19.1 Å². The summed E-state index contributed by atoms with van der Waals surface area (Å²) in [7, 11) is 0. The Balaban J connectivity index is 2.00. The molecule has 1 aromatic carbocycles. The number of carbonyl (C=O) groups excluding carboxylic acids is 1. The molecule has 0 spiro atoms. The first kappa shape index (κ1) is 15.8. The van der Waals surface area contributed by atoms with E-state index in [1.165, 1.54) is 12.1 Å². The minimum Gasteiger partial charge on any atom is -0.406 e. The second kappa shape index (κ2) is 6.47. The zero-order valence-corrected chi connectivity index (χ0v) is 11.8. The van der Waals surface area contributed by atoms with Gasteiger partial charge in [-0.1, -0.05) is 18.6 Å². The highest BCUT2D eigenvalue weighted by molar-refractivity contribution is 5.81. The number of hydrogen-bond donors (Lipinski definition) is 0. The van der Waals surface area contributed by atoms with Crippen molar-refractivity contribution < 1.29 is 22.7 Å². The highest BCUT2D eigenvalue weighted by Gasteiger charge is 2.31. The lowest BCUT2D eigenvalue weighted by Gasteiger charge is -2.34. The Morgan fingerprint density at radius 2 is 1.95 bits per heavy atom. The van der Waals surface area contributed by atoms with Crippen LogP contribution < -0.4 is 4.74 Å². The van der Waals surface area contributed by atoms with Crippen LogP contribution in [-0.2, 0) is 11.3 Å². The van der Waals surface area contributed by atoms with E-state index >= 15 is 0 Å². The average molecular weight is 301 g/mol. The maximum atomic E-state index is 12.1. The second-order valence-corrected chi connectivity index (χ2v) is 5.28. The first-order valence-corrected chi connectivity index (χ1v) is 6.94. The van der Waals surface area contributed by atoms with Gasteiger partial charge in [-0.15, -0.1) is 13.2 Å².